The van der Waals surface area contributed by atoms with E-state index in [1.165, 1.54) is 4.88 Å². The molecule has 2 heterocycles. The molecule has 0 radical (unpaired) electrons. The van der Waals surface area contributed by atoms with Gasteiger partial charge in [-0.15, -0.1) is 11.3 Å². The van der Waals surface area contributed by atoms with Crippen molar-refractivity contribution >= 4 is 17.2 Å². The summed E-state index contributed by atoms with van der Waals surface area (Å²) in [7, 11) is 0. The molecule has 0 aliphatic heterocycles. The average Bonchev–Trinajstić information content (AvgIpc) is 2.61. The zero-order valence-electron chi connectivity index (χ0n) is 7.32. The minimum Gasteiger partial charge on any atom is -0.383 e. The Balaban J connectivity index is 2.57. The lowest BCUT2D eigenvalue weighted by Gasteiger charge is -2.02. The second kappa shape index (κ2) is 3.18. The Bertz CT molecular complexity index is 407. The van der Waals surface area contributed by atoms with E-state index in [9.17, 15) is 0 Å². The van der Waals surface area contributed by atoms with Crippen LogP contribution in [0.5, 0.6) is 0 Å². The largest absolute Gasteiger partial charge is 0.383 e. The summed E-state index contributed by atoms with van der Waals surface area (Å²) < 4.78 is 0. The predicted octanol–water partition coefficient (Wildman–Crippen LogP) is 2.70. The summed E-state index contributed by atoms with van der Waals surface area (Å²) in [5.74, 6) is 0.605. The molecule has 2 nitrogen and oxygen atoms in total. The molecule has 0 atom stereocenters. The molecule has 66 valence electrons. The molecule has 0 saturated carbocycles. The minimum atomic E-state index is 0.605. The van der Waals surface area contributed by atoms with Gasteiger partial charge in [0.05, 0.1) is 0 Å². The van der Waals surface area contributed by atoms with Crippen LogP contribution < -0.4 is 5.73 Å². The fourth-order valence-corrected chi connectivity index (χ4v) is 1.96. The zero-order chi connectivity index (χ0) is 9.26. The monoisotopic (exact) mass is 190 g/mol. The number of pyridine rings is 1. The van der Waals surface area contributed by atoms with Crippen molar-refractivity contribution in [3.05, 3.63) is 35.3 Å². The minimum absolute atomic E-state index is 0.605. The maximum atomic E-state index is 5.78. The van der Waals surface area contributed by atoms with Crippen LogP contribution in [-0.4, -0.2) is 4.98 Å². The summed E-state index contributed by atoms with van der Waals surface area (Å²) in [4.78, 5) is 5.29. The molecule has 2 aromatic heterocycles. The molecular weight excluding hydrogens is 180 g/mol. The fourth-order valence-electron chi connectivity index (χ4n) is 1.21. The molecule has 0 aliphatic carbocycles. The van der Waals surface area contributed by atoms with Crippen LogP contribution in [0.15, 0.2) is 29.8 Å². The summed E-state index contributed by atoms with van der Waals surface area (Å²) >= 11 is 1.68. The number of hydrogen-bond acceptors (Lipinski definition) is 3. The maximum absolute atomic E-state index is 5.78. The molecule has 0 aliphatic rings. The first-order valence-electron chi connectivity index (χ1n) is 4.03. The number of rotatable bonds is 1. The van der Waals surface area contributed by atoms with Gasteiger partial charge in [0.15, 0.2) is 0 Å². The number of nitrogen functional groups attached to an aromatic ring is 1. The van der Waals surface area contributed by atoms with Crippen LogP contribution >= 0.6 is 11.3 Å². The van der Waals surface area contributed by atoms with E-state index in [2.05, 4.69) is 17.1 Å². The summed E-state index contributed by atoms with van der Waals surface area (Å²) in [6.07, 6.45) is 1.78. The molecule has 0 amide bonds. The Morgan fingerprint density at radius 1 is 1.46 bits per heavy atom. The van der Waals surface area contributed by atoms with Crippen molar-refractivity contribution in [1.29, 1.82) is 0 Å². The van der Waals surface area contributed by atoms with Crippen molar-refractivity contribution < 1.29 is 0 Å². The standard InChI is InChI=1S/C10H10N2S/c1-7-5-8(10(11)12-6-7)9-3-2-4-13-9/h2-6H,1H3,(H2,11,12). The summed E-state index contributed by atoms with van der Waals surface area (Å²) in [5.41, 5.74) is 7.95. The first-order valence-corrected chi connectivity index (χ1v) is 4.91. The van der Waals surface area contributed by atoms with Gasteiger partial charge in [0.1, 0.15) is 5.82 Å². The van der Waals surface area contributed by atoms with Crippen molar-refractivity contribution in [3.63, 3.8) is 0 Å². The number of aromatic nitrogens is 1. The Morgan fingerprint density at radius 2 is 2.31 bits per heavy atom. The van der Waals surface area contributed by atoms with E-state index in [1.807, 2.05) is 18.4 Å². The second-order valence-corrected chi connectivity index (χ2v) is 3.87. The van der Waals surface area contributed by atoms with Gasteiger partial charge in [0.2, 0.25) is 0 Å². The molecule has 0 unspecified atom stereocenters. The molecule has 2 aromatic rings. The third kappa shape index (κ3) is 1.55. The molecule has 2 rings (SSSR count). The summed E-state index contributed by atoms with van der Waals surface area (Å²) in [6, 6.07) is 6.13. The van der Waals surface area contributed by atoms with Gasteiger partial charge in [-0.3, -0.25) is 0 Å². The van der Waals surface area contributed by atoms with Gasteiger partial charge >= 0.3 is 0 Å². The highest BCUT2D eigenvalue weighted by Gasteiger charge is 2.03. The van der Waals surface area contributed by atoms with E-state index < -0.39 is 0 Å². The molecule has 2 N–H and O–H groups in total. The number of hydrogen-bond donors (Lipinski definition) is 1. The van der Waals surface area contributed by atoms with Crippen LogP contribution in [0.25, 0.3) is 10.4 Å². The zero-order valence-corrected chi connectivity index (χ0v) is 8.14. The SMILES string of the molecule is Cc1cnc(N)c(-c2cccs2)c1. The molecule has 0 bridgehead atoms. The van der Waals surface area contributed by atoms with Crippen LogP contribution in [0.4, 0.5) is 5.82 Å². The highest BCUT2D eigenvalue weighted by Crippen LogP contribution is 2.28. The van der Waals surface area contributed by atoms with Crippen molar-refractivity contribution in [3.8, 4) is 10.4 Å². The molecule has 0 aromatic carbocycles. The highest BCUT2D eigenvalue weighted by atomic mass is 32.1. The molecular formula is C10H10N2S. The van der Waals surface area contributed by atoms with E-state index in [0.717, 1.165) is 11.1 Å². The van der Waals surface area contributed by atoms with Crippen LogP contribution in [0.3, 0.4) is 0 Å². The van der Waals surface area contributed by atoms with E-state index in [0.29, 0.717) is 5.82 Å². The van der Waals surface area contributed by atoms with Crippen molar-refractivity contribution in [2.24, 2.45) is 0 Å². The molecule has 0 saturated heterocycles. The number of nitrogens with zero attached hydrogens (tertiary/aromatic N) is 1. The van der Waals surface area contributed by atoms with E-state index in [-0.39, 0.29) is 0 Å². The maximum Gasteiger partial charge on any atom is 0.132 e. The lowest BCUT2D eigenvalue weighted by atomic mass is 10.2. The lowest BCUT2D eigenvalue weighted by Crippen LogP contribution is -1.93. The van der Waals surface area contributed by atoms with Gasteiger partial charge in [-0.05, 0) is 30.0 Å². The average molecular weight is 190 g/mol. The molecule has 13 heavy (non-hydrogen) atoms. The fraction of sp³-hybridized carbons (Fsp3) is 0.100. The van der Waals surface area contributed by atoms with Crippen LogP contribution in [0, 0.1) is 6.92 Å². The van der Waals surface area contributed by atoms with Gasteiger partial charge < -0.3 is 5.73 Å². The van der Waals surface area contributed by atoms with Gasteiger partial charge in [0.25, 0.3) is 0 Å². The normalized spacial score (nSPS) is 10.2. The van der Waals surface area contributed by atoms with Crippen molar-refractivity contribution in [2.75, 3.05) is 5.73 Å². The quantitative estimate of drug-likeness (QED) is 0.751. The molecule has 0 fully saturated rings. The number of nitrogens with two attached hydrogens (primary N) is 1. The highest BCUT2D eigenvalue weighted by molar-refractivity contribution is 7.13. The Kier molecular flexibility index (Phi) is 2.02. The van der Waals surface area contributed by atoms with Crippen molar-refractivity contribution in [1.82, 2.24) is 4.98 Å². The molecule has 3 heteroatoms. The van der Waals surface area contributed by atoms with E-state index in [1.54, 1.807) is 17.5 Å². The van der Waals surface area contributed by atoms with Gasteiger partial charge in [-0.25, -0.2) is 4.98 Å². The summed E-state index contributed by atoms with van der Waals surface area (Å²) in [6.45, 7) is 2.02. The van der Waals surface area contributed by atoms with Crippen molar-refractivity contribution in [2.45, 2.75) is 6.92 Å². The third-order valence-electron chi connectivity index (χ3n) is 1.84. The number of aryl methyl sites for hydroxylation is 1. The number of anilines is 1. The smallest absolute Gasteiger partial charge is 0.132 e. The van der Waals surface area contributed by atoms with Gasteiger partial charge in [-0.2, -0.15) is 0 Å². The topological polar surface area (TPSA) is 38.9 Å². The van der Waals surface area contributed by atoms with Crippen LogP contribution in [0.1, 0.15) is 5.56 Å². The molecule has 0 spiro atoms. The summed E-state index contributed by atoms with van der Waals surface area (Å²) in [5, 5.41) is 2.04. The van der Waals surface area contributed by atoms with Crippen LogP contribution in [-0.2, 0) is 0 Å². The first-order chi connectivity index (χ1) is 6.27. The van der Waals surface area contributed by atoms with E-state index in [4.69, 9.17) is 5.73 Å². The van der Waals surface area contributed by atoms with Crippen LogP contribution in [0.2, 0.25) is 0 Å². The lowest BCUT2D eigenvalue weighted by molar-refractivity contribution is 1.28. The Hall–Kier alpha value is -1.35. The first kappa shape index (κ1) is 8.26. The Morgan fingerprint density at radius 3 is 3.00 bits per heavy atom. The van der Waals surface area contributed by atoms with E-state index >= 15 is 0 Å². The third-order valence-corrected chi connectivity index (χ3v) is 2.75. The second-order valence-electron chi connectivity index (χ2n) is 2.92. The predicted molar refractivity (Wildman–Crippen MR) is 56.7 cm³/mol. The van der Waals surface area contributed by atoms with Gasteiger partial charge in [-0.1, -0.05) is 6.07 Å². The Labute approximate surface area is 81.1 Å². The number of thiophene rings is 1. The van der Waals surface area contributed by atoms with Gasteiger partial charge in [0, 0.05) is 16.6 Å².